The number of aromatic nitrogens is 9. The summed E-state index contributed by atoms with van der Waals surface area (Å²) in [5.41, 5.74) is 44.9. The molecule has 14 N–H and O–H groups in total. The molecule has 0 aliphatic heterocycles. The molecule has 0 saturated heterocycles. The molecule has 3 aliphatic rings. The number of benzene rings is 11. The fourth-order valence-corrected chi connectivity index (χ4v) is 17.2. The smallest absolute Gasteiger partial charge is 0.274 e. The van der Waals surface area contributed by atoms with Gasteiger partial charge in [0.25, 0.3) is 23.6 Å². The normalized spacial score (nSPS) is 13.2. The van der Waals surface area contributed by atoms with E-state index < -0.39 is 23.4 Å². The van der Waals surface area contributed by atoms with E-state index in [0.29, 0.717) is 77.9 Å². The third-order valence-electron chi connectivity index (χ3n) is 25.0. The van der Waals surface area contributed by atoms with Gasteiger partial charge in [-0.2, -0.15) is 20.4 Å². The number of aryl methyl sites for hydroxylation is 4. The number of nitrogens with two attached hydrogens (primary N) is 4. The average molecular weight is 1870 g/mol. The Morgan fingerprint density at radius 1 is 0.364 bits per heavy atom. The zero-order valence-corrected chi connectivity index (χ0v) is 79.5. The van der Waals surface area contributed by atoms with Crippen molar-refractivity contribution < 1.29 is 28.0 Å². The Hall–Kier alpha value is -15.3. The molecule has 19 rings (SSSR count). The number of pyridine rings is 1. The fraction of sp³-hybridized carbons (Fsp3) is 0.237. The molecule has 26 heteroatoms. The van der Waals surface area contributed by atoms with Crippen molar-refractivity contribution in [2.24, 2.45) is 40.7 Å². The van der Waals surface area contributed by atoms with Crippen molar-refractivity contribution in [2.45, 2.75) is 137 Å². The lowest BCUT2D eigenvalue weighted by molar-refractivity contribution is 0.101. The predicted octanol–water partition coefficient (Wildman–Crippen LogP) is 21.3. The summed E-state index contributed by atoms with van der Waals surface area (Å²) in [4.78, 5) is 59.6. The highest BCUT2D eigenvalue weighted by Crippen LogP contribution is 2.41. The molecule has 0 spiro atoms. The van der Waals surface area contributed by atoms with Gasteiger partial charge in [-0.1, -0.05) is 184 Å². The van der Waals surface area contributed by atoms with Crippen LogP contribution in [0, 0.1) is 57.1 Å². The minimum atomic E-state index is -0.505. The number of rotatable bonds is 35. The SMILES string of the molecule is CCCN(c1ccccc1)c1ccc(F)c(NC(=O)c2cc(C)nn2-c2cccc(CN)c2)c1.Cc1cc(C(=O)Nc2cc(C(NCC3CC3)c3ccccc3)ccc2F)n(-c2cccc(CN)c2)n1.Cc1cc(C(=O)Nc2cccc(C(CCC3CC3)c3ccccc3)c2)n(-c2cccc(CN)c2)n1.Cc1cc(C(=O)Nc2cccc(C(NCC3CC3)c3cccnc3)c2)n(-c2cccc(CN)c2)n1. The second-order valence-electron chi connectivity index (χ2n) is 36.0. The number of para-hydroxylation sites is 1. The van der Waals surface area contributed by atoms with Gasteiger partial charge in [-0.25, -0.2) is 27.5 Å². The first kappa shape index (κ1) is 97.8. The van der Waals surface area contributed by atoms with Gasteiger partial charge in [0.1, 0.15) is 34.4 Å². The van der Waals surface area contributed by atoms with Gasteiger partial charge >= 0.3 is 0 Å². The van der Waals surface area contributed by atoms with Crippen molar-refractivity contribution in [2.75, 3.05) is 45.8 Å². The van der Waals surface area contributed by atoms with E-state index in [1.54, 1.807) is 67.4 Å². The third kappa shape index (κ3) is 25.7. The summed E-state index contributed by atoms with van der Waals surface area (Å²) in [6.45, 7) is 13.7. The molecule has 11 aromatic carbocycles. The van der Waals surface area contributed by atoms with Gasteiger partial charge in [0, 0.05) is 73.8 Å². The molecule has 3 aliphatic carbocycles. The van der Waals surface area contributed by atoms with Gasteiger partial charge in [0.2, 0.25) is 0 Å². The van der Waals surface area contributed by atoms with Crippen LogP contribution in [-0.2, 0) is 26.2 Å². The van der Waals surface area contributed by atoms with Crippen molar-refractivity contribution in [3.63, 3.8) is 0 Å². The second kappa shape index (κ2) is 46.7. The standard InChI is InChI=1S/C30H32N4O.C29H30FN5O.C28H30N6O.C27H28FN5O/c1-21-17-29(34(33-21)27-12-5-7-23(18-27)20-31)30(35)32-26-11-6-10-25(19-26)28(16-15-22-13-14-22)24-8-3-2-4-9-24;1-19-14-27(35(34-19)24-9-5-6-21(15-24)17-31)29(36)33-26-16-23(12-13-25(26)30)28(32-18-20-10-11-20)22-7-3-2-4-8-22;1-19-13-26(34(33-19)25-9-2-5-21(14-25)16-29)28(35)32-24-8-3-6-22(15-24)27(31-17-20-10-11-20)23-7-4-12-30-18-23;1-3-14-32(21-9-5-4-6-10-21)22-12-13-24(28)25(17-22)30-27(34)26-15-19(2)31-33(26)23-11-7-8-20(16-23)18-29/h2-12,17-19,22,28H,13-16,20,31H2,1H3,(H,32,35);2-9,12-16,20,28,32H,10-11,17-18,31H2,1H3,(H,33,36);2-9,12-15,18,20,27,31H,10-11,16-17,29H2,1H3,(H,32,35);4-13,15-17H,3,14,18,29H2,1-2H3,(H,30,34). The van der Waals surface area contributed by atoms with Crippen molar-refractivity contribution in [1.29, 1.82) is 0 Å². The topological polar surface area (TPSA) is 332 Å². The number of nitrogens with one attached hydrogen (secondary N) is 6. The van der Waals surface area contributed by atoms with Gasteiger partial charge < -0.3 is 59.7 Å². The van der Waals surface area contributed by atoms with Crippen molar-refractivity contribution in [3.8, 4) is 22.7 Å². The van der Waals surface area contributed by atoms with E-state index in [1.165, 1.54) is 68.2 Å². The molecule has 0 bridgehead atoms. The number of hydrogen-bond donors (Lipinski definition) is 10. The van der Waals surface area contributed by atoms with Gasteiger partial charge in [0.15, 0.2) is 0 Å². The Bertz CT molecular complexity index is 6710. The summed E-state index contributed by atoms with van der Waals surface area (Å²) in [6, 6.07) is 98.2. The van der Waals surface area contributed by atoms with E-state index in [9.17, 15) is 28.0 Å². The van der Waals surface area contributed by atoms with Crippen LogP contribution >= 0.6 is 0 Å². The van der Waals surface area contributed by atoms with Gasteiger partial charge in [-0.05, 0) is 305 Å². The largest absolute Gasteiger partial charge is 0.341 e. The van der Waals surface area contributed by atoms with E-state index in [2.05, 4.69) is 136 Å². The molecule has 3 atom stereocenters. The van der Waals surface area contributed by atoms with Crippen LogP contribution in [0.4, 0.5) is 42.9 Å². The summed E-state index contributed by atoms with van der Waals surface area (Å²) >= 11 is 0. The molecule has 140 heavy (non-hydrogen) atoms. The van der Waals surface area contributed by atoms with Crippen LogP contribution in [0.1, 0.15) is 203 Å². The number of hydrogen-bond acceptors (Lipinski definition) is 16. The minimum Gasteiger partial charge on any atom is -0.341 e. The first-order chi connectivity index (χ1) is 68.2. The maximum absolute atomic E-state index is 14.9. The Kier molecular flexibility index (Phi) is 32.6. The van der Waals surface area contributed by atoms with Crippen LogP contribution in [0.25, 0.3) is 22.7 Å². The molecule has 3 unspecified atom stereocenters. The van der Waals surface area contributed by atoms with Gasteiger partial charge in [-0.15, -0.1) is 0 Å². The van der Waals surface area contributed by atoms with E-state index in [1.807, 2.05) is 222 Å². The van der Waals surface area contributed by atoms with Gasteiger partial charge in [-0.3, -0.25) is 24.2 Å². The summed E-state index contributed by atoms with van der Waals surface area (Å²) in [6.07, 6.45) is 14.7. The van der Waals surface area contributed by atoms with Crippen molar-refractivity contribution in [1.82, 2.24) is 54.7 Å². The maximum Gasteiger partial charge on any atom is 0.274 e. The van der Waals surface area contributed by atoms with E-state index in [-0.39, 0.29) is 35.3 Å². The lowest BCUT2D eigenvalue weighted by atomic mass is 9.86. The molecule has 5 aromatic heterocycles. The molecule has 5 heterocycles. The second-order valence-corrected chi connectivity index (χ2v) is 36.0. The summed E-state index contributed by atoms with van der Waals surface area (Å²) in [5.74, 6) is 0.355. The molecule has 24 nitrogen and oxygen atoms in total. The average Bonchev–Trinajstić information content (AvgIpc) is 1.29. The first-order valence-corrected chi connectivity index (χ1v) is 48.0. The molecular weight excluding hydrogens is 1750 g/mol. The number of carbonyl (C=O) groups excluding carboxylic acids is 4. The third-order valence-corrected chi connectivity index (χ3v) is 25.0. The van der Waals surface area contributed by atoms with Crippen molar-refractivity contribution >= 4 is 57.8 Å². The zero-order valence-electron chi connectivity index (χ0n) is 79.5. The molecule has 4 amide bonds. The monoisotopic (exact) mass is 1870 g/mol. The first-order valence-electron chi connectivity index (χ1n) is 48.0. The Balaban J connectivity index is 0.000000135. The van der Waals surface area contributed by atoms with Crippen LogP contribution < -0.4 is 59.7 Å². The number of halogens is 2. The zero-order chi connectivity index (χ0) is 97.5. The lowest BCUT2D eigenvalue weighted by Gasteiger charge is -2.25. The molecule has 3 saturated carbocycles. The molecule has 16 aromatic rings. The van der Waals surface area contributed by atoms with Crippen LogP contribution in [0.2, 0.25) is 0 Å². The summed E-state index contributed by atoms with van der Waals surface area (Å²) in [7, 11) is 0. The lowest BCUT2D eigenvalue weighted by Crippen LogP contribution is -2.25. The van der Waals surface area contributed by atoms with Crippen LogP contribution in [0.5, 0.6) is 0 Å². The Labute approximate surface area is 816 Å². The van der Waals surface area contributed by atoms with Crippen molar-refractivity contribution in [3.05, 3.63) is 435 Å². The number of amides is 4. The minimum absolute atomic E-state index is 0.00734. The van der Waals surface area contributed by atoms with Gasteiger partial charge in [0.05, 0.1) is 69.0 Å². The fourth-order valence-electron chi connectivity index (χ4n) is 17.2. The predicted molar refractivity (Wildman–Crippen MR) is 552 cm³/mol. The molecule has 0 radical (unpaired) electrons. The van der Waals surface area contributed by atoms with E-state index in [0.717, 1.165) is 140 Å². The molecule has 3 fully saturated rings. The van der Waals surface area contributed by atoms with E-state index in [4.69, 9.17) is 22.9 Å². The van der Waals surface area contributed by atoms with Crippen LogP contribution in [0.3, 0.4) is 0 Å². The highest BCUT2D eigenvalue weighted by atomic mass is 19.1. The summed E-state index contributed by atoms with van der Waals surface area (Å²) < 4.78 is 36.1. The quantitative estimate of drug-likeness (QED) is 0.0176. The number of anilines is 6. The number of carbonyl (C=O) groups is 4. The van der Waals surface area contributed by atoms with Crippen LogP contribution in [-0.4, -0.2) is 87.4 Å². The molecular formula is C114H120F2N20O4. The Morgan fingerprint density at radius 3 is 1.16 bits per heavy atom. The summed E-state index contributed by atoms with van der Waals surface area (Å²) in [5, 5.41) is 37.1. The van der Waals surface area contributed by atoms with Crippen LogP contribution in [0.15, 0.2) is 322 Å². The Morgan fingerprint density at radius 2 is 0.736 bits per heavy atom. The highest BCUT2D eigenvalue weighted by Gasteiger charge is 2.30. The molecule has 714 valence electrons. The van der Waals surface area contributed by atoms with E-state index >= 15 is 0 Å². The number of nitrogens with zero attached hydrogens (tertiary/aromatic N) is 10. The maximum atomic E-state index is 14.9. The highest BCUT2D eigenvalue weighted by molar-refractivity contribution is 6.06.